The topological polar surface area (TPSA) is 105 Å². The maximum atomic E-state index is 13.0. The third-order valence-corrected chi connectivity index (χ3v) is 7.42. The van der Waals surface area contributed by atoms with E-state index in [4.69, 9.17) is 4.74 Å². The van der Waals surface area contributed by atoms with Crippen LogP contribution in [0.4, 0.5) is 17.3 Å². The minimum Gasteiger partial charge on any atom is -0.497 e. The van der Waals surface area contributed by atoms with Crippen molar-refractivity contribution in [3.8, 4) is 5.75 Å². The van der Waals surface area contributed by atoms with Gasteiger partial charge in [-0.15, -0.1) is 0 Å². The van der Waals surface area contributed by atoms with E-state index in [-0.39, 0.29) is 11.8 Å². The number of nitrogens with one attached hydrogen (secondary N) is 3. The lowest BCUT2D eigenvalue weighted by atomic mass is 9.91. The number of ether oxygens (including phenoxy) is 1. The molecule has 33 heavy (non-hydrogen) atoms. The van der Waals surface area contributed by atoms with Gasteiger partial charge in [-0.25, -0.2) is 9.97 Å². The molecule has 3 aliphatic rings. The normalized spacial score (nSPS) is 22.3. The molecule has 0 radical (unpaired) electrons. The van der Waals surface area contributed by atoms with Crippen LogP contribution in [0.5, 0.6) is 5.75 Å². The van der Waals surface area contributed by atoms with Gasteiger partial charge in [0.05, 0.1) is 18.0 Å². The Morgan fingerprint density at radius 2 is 2.06 bits per heavy atom. The summed E-state index contributed by atoms with van der Waals surface area (Å²) >= 11 is 0. The molecule has 2 aromatic carbocycles. The molecule has 1 saturated carbocycles. The van der Waals surface area contributed by atoms with Gasteiger partial charge >= 0.3 is 0 Å². The number of amides is 1. The van der Waals surface area contributed by atoms with E-state index in [1.165, 1.54) is 5.56 Å². The standard InChI is InChI=1S/C25H22N6O2/c1-33-14-6-8-20-17(10-14)25(24(32)28-20)11-18(25)13-5-7-16-21(9-13)30-31-23(16)29-22-15-3-2-4-19(15)26-12-27-22/h5-10,12,18H,2-4,11H2,1H3,(H,28,32)(H2,26,27,29,30,31)/t18-,25-/m0/s1. The summed E-state index contributed by atoms with van der Waals surface area (Å²) < 4.78 is 5.41. The predicted octanol–water partition coefficient (Wildman–Crippen LogP) is 3.97. The molecule has 2 aromatic heterocycles. The van der Waals surface area contributed by atoms with Crippen LogP contribution in [0, 0.1) is 0 Å². The molecule has 1 aliphatic heterocycles. The van der Waals surface area contributed by atoms with Gasteiger partial charge in [0.15, 0.2) is 5.82 Å². The van der Waals surface area contributed by atoms with Crippen molar-refractivity contribution in [2.45, 2.75) is 37.0 Å². The average molecular weight is 438 g/mol. The zero-order chi connectivity index (χ0) is 22.2. The van der Waals surface area contributed by atoms with Crippen LogP contribution >= 0.6 is 0 Å². The first-order valence-electron chi connectivity index (χ1n) is 11.2. The number of H-pyrrole nitrogens is 1. The Labute approximate surface area is 189 Å². The van der Waals surface area contributed by atoms with Crippen molar-refractivity contribution in [2.24, 2.45) is 0 Å². The first-order chi connectivity index (χ1) is 16.2. The summed E-state index contributed by atoms with van der Waals surface area (Å²) in [6.45, 7) is 0. The first-order valence-corrected chi connectivity index (χ1v) is 11.2. The summed E-state index contributed by atoms with van der Waals surface area (Å²) in [6, 6.07) is 12.1. The number of rotatable bonds is 4. The number of aromatic amines is 1. The Hall–Kier alpha value is -3.94. The number of carbonyl (C=O) groups excluding carboxylic acids is 1. The van der Waals surface area contributed by atoms with Gasteiger partial charge in [0, 0.05) is 28.2 Å². The fourth-order valence-electron chi connectivity index (χ4n) is 5.63. The summed E-state index contributed by atoms with van der Waals surface area (Å²) in [4.78, 5) is 21.8. The van der Waals surface area contributed by atoms with Gasteiger partial charge in [-0.05, 0) is 67.1 Å². The van der Waals surface area contributed by atoms with E-state index in [1.54, 1.807) is 13.4 Å². The summed E-state index contributed by atoms with van der Waals surface area (Å²) in [5.74, 6) is 2.56. The van der Waals surface area contributed by atoms with Crippen LogP contribution in [0.1, 0.15) is 41.1 Å². The predicted molar refractivity (Wildman–Crippen MR) is 124 cm³/mol. The molecule has 2 atom stereocenters. The lowest BCUT2D eigenvalue weighted by Gasteiger charge is -2.10. The SMILES string of the molecule is COc1ccc2c(c1)[C@]1(C[C@H]1c1ccc3c(Nc4ncnc5c4CCC5)n[nH]c3c1)C(=O)N2. The highest BCUT2D eigenvalue weighted by Crippen LogP contribution is 2.65. The molecule has 3 heterocycles. The molecule has 0 bridgehead atoms. The Bertz CT molecular complexity index is 1460. The second kappa shape index (κ2) is 6.54. The maximum Gasteiger partial charge on any atom is 0.235 e. The zero-order valence-electron chi connectivity index (χ0n) is 18.1. The van der Waals surface area contributed by atoms with Gasteiger partial charge in [0.2, 0.25) is 5.91 Å². The molecule has 164 valence electrons. The van der Waals surface area contributed by atoms with Gasteiger partial charge in [-0.3, -0.25) is 9.89 Å². The van der Waals surface area contributed by atoms with Crippen LogP contribution in [0.3, 0.4) is 0 Å². The second-order valence-corrected chi connectivity index (χ2v) is 9.10. The van der Waals surface area contributed by atoms with E-state index in [9.17, 15) is 4.79 Å². The van der Waals surface area contributed by atoms with Crippen LogP contribution in [0.15, 0.2) is 42.7 Å². The lowest BCUT2D eigenvalue weighted by Crippen LogP contribution is -2.21. The fraction of sp³-hybridized carbons (Fsp3) is 0.280. The number of hydrogen-bond acceptors (Lipinski definition) is 6. The smallest absolute Gasteiger partial charge is 0.235 e. The van der Waals surface area contributed by atoms with E-state index in [2.05, 4.69) is 49.0 Å². The third kappa shape index (κ3) is 2.57. The minimum atomic E-state index is -0.514. The fourth-order valence-corrected chi connectivity index (χ4v) is 5.63. The zero-order valence-corrected chi connectivity index (χ0v) is 18.1. The minimum absolute atomic E-state index is 0.0698. The summed E-state index contributed by atoms with van der Waals surface area (Å²) in [5.41, 5.74) is 5.78. The van der Waals surface area contributed by atoms with Crippen molar-refractivity contribution in [3.63, 3.8) is 0 Å². The Kier molecular flexibility index (Phi) is 3.69. The van der Waals surface area contributed by atoms with E-state index < -0.39 is 5.41 Å². The number of aryl methyl sites for hydroxylation is 1. The van der Waals surface area contributed by atoms with Gasteiger partial charge in [0.1, 0.15) is 17.9 Å². The molecule has 1 fully saturated rings. The Balaban J connectivity index is 1.22. The molecular formula is C25H22N6O2. The summed E-state index contributed by atoms with van der Waals surface area (Å²) in [7, 11) is 1.65. The molecule has 3 N–H and O–H groups in total. The van der Waals surface area contributed by atoms with Gasteiger partial charge < -0.3 is 15.4 Å². The number of methoxy groups -OCH3 is 1. The van der Waals surface area contributed by atoms with Crippen molar-refractivity contribution in [1.29, 1.82) is 0 Å². The van der Waals surface area contributed by atoms with Crippen molar-refractivity contribution in [1.82, 2.24) is 20.2 Å². The van der Waals surface area contributed by atoms with Crippen molar-refractivity contribution in [3.05, 3.63) is 65.1 Å². The van der Waals surface area contributed by atoms with Gasteiger partial charge in [-0.2, -0.15) is 5.10 Å². The van der Waals surface area contributed by atoms with Crippen molar-refractivity contribution in [2.75, 3.05) is 17.7 Å². The number of benzene rings is 2. The monoisotopic (exact) mass is 438 g/mol. The first kappa shape index (κ1) is 18.6. The number of anilines is 3. The third-order valence-electron chi connectivity index (χ3n) is 7.42. The molecule has 1 amide bonds. The van der Waals surface area contributed by atoms with Crippen LogP contribution in [0.2, 0.25) is 0 Å². The molecule has 0 saturated heterocycles. The average Bonchev–Trinajstić information content (AvgIpc) is 3.08. The maximum absolute atomic E-state index is 13.0. The molecule has 8 heteroatoms. The van der Waals surface area contributed by atoms with Crippen molar-refractivity contribution >= 4 is 34.1 Å². The van der Waals surface area contributed by atoms with E-state index in [0.717, 1.165) is 76.5 Å². The van der Waals surface area contributed by atoms with E-state index in [0.29, 0.717) is 0 Å². The van der Waals surface area contributed by atoms with E-state index in [1.807, 2.05) is 18.2 Å². The molecule has 8 nitrogen and oxygen atoms in total. The Morgan fingerprint density at radius 1 is 1.12 bits per heavy atom. The van der Waals surface area contributed by atoms with Crippen LogP contribution < -0.4 is 15.4 Å². The highest BCUT2D eigenvalue weighted by atomic mass is 16.5. The number of fused-ring (bicyclic) bond motifs is 4. The van der Waals surface area contributed by atoms with Crippen LogP contribution in [-0.2, 0) is 23.1 Å². The Morgan fingerprint density at radius 3 is 2.97 bits per heavy atom. The highest BCUT2D eigenvalue weighted by Gasteiger charge is 2.65. The number of carbonyl (C=O) groups is 1. The van der Waals surface area contributed by atoms with Crippen molar-refractivity contribution < 1.29 is 9.53 Å². The number of aromatic nitrogens is 4. The van der Waals surface area contributed by atoms with E-state index >= 15 is 0 Å². The molecule has 0 unspecified atom stereocenters. The van der Waals surface area contributed by atoms with Crippen LogP contribution in [-0.4, -0.2) is 33.2 Å². The quantitative estimate of drug-likeness (QED) is 0.445. The molecule has 4 aromatic rings. The lowest BCUT2D eigenvalue weighted by molar-refractivity contribution is -0.118. The highest BCUT2D eigenvalue weighted by molar-refractivity contribution is 6.10. The van der Waals surface area contributed by atoms with Crippen LogP contribution in [0.25, 0.3) is 10.9 Å². The largest absolute Gasteiger partial charge is 0.497 e. The number of hydrogen-bond donors (Lipinski definition) is 3. The molecule has 7 rings (SSSR count). The molecule has 2 aliphatic carbocycles. The second-order valence-electron chi connectivity index (χ2n) is 9.10. The number of nitrogens with zero attached hydrogens (tertiary/aromatic N) is 3. The summed E-state index contributed by atoms with van der Waals surface area (Å²) in [6.07, 6.45) is 5.51. The van der Waals surface area contributed by atoms with Gasteiger partial charge in [-0.1, -0.05) is 6.07 Å². The molecule has 1 spiro atoms. The molecular weight excluding hydrogens is 416 g/mol. The van der Waals surface area contributed by atoms with Gasteiger partial charge in [0.25, 0.3) is 0 Å². The summed E-state index contributed by atoms with van der Waals surface area (Å²) in [5, 5.41) is 15.1.